The number of fused-ring (bicyclic) bond motifs is 5. The van der Waals surface area contributed by atoms with Gasteiger partial charge in [0.25, 0.3) is 0 Å². The number of likely N-dealkylation sites (N-methyl/N-ethyl adjacent to an activating group) is 1. The molecule has 9 heteroatoms. The summed E-state index contributed by atoms with van der Waals surface area (Å²) in [5.74, 6) is -0.980. The van der Waals surface area contributed by atoms with Crippen molar-refractivity contribution in [2.45, 2.75) is 83.5 Å². The monoisotopic (exact) mass is 484 g/mol. The van der Waals surface area contributed by atoms with E-state index in [2.05, 4.69) is 19.9 Å². The minimum atomic E-state index is -4.80. The lowest BCUT2D eigenvalue weighted by molar-refractivity contribution is -0.170. The third kappa shape index (κ3) is 4.13. The second-order valence-electron chi connectivity index (χ2n) is 11.4. The number of nitrogens with one attached hydrogen (secondary N) is 1. The van der Waals surface area contributed by atoms with Crippen LogP contribution in [0.3, 0.4) is 0 Å². The van der Waals surface area contributed by atoms with Crippen LogP contribution in [0.15, 0.2) is 12.2 Å². The van der Waals surface area contributed by atoms with Crippen molar-refractivity contribution in [3.63, 3.8) is 0 Å². The number of hydrogen-bond donors (Lipinski definition) is 2. The van der Waals surface area contributed by atoms with E-state index < -0.39 is 30.5 Å². The molecule has 2 amide bonds. The number of carboxylic acids is 1. The summed E-state index contributed by atoms with van der Waals surface area (Å²) in [6, 6.07) is -2.18. The van der Waals surface area contributed by atoms with Crippen LogP contribution in [0.2, 0.25) is 0 Å². The van der Waals surface area contributed by atoms with Gasteiger partial charge < -0.3 is 15.3 Å². The molecule has 0 bridgehead atoms. The molecular formula is C25H35F3N2O4. The van der Waals surface area contributed by atoms with Crippen molar-refractivity contribution in [3.05, 3.63) is 12.2 Å². The van der Waals surface area contributed by atoms with Gasteiger partial charge in [-0.05, 0) is 73.7 Å². The lowest BCUT2D eigenvalue weighted by Gasteiger charge is -2.60. The lowest BCUT2D eigenvalue weighted by Crippen LogP contribution is -2.59. The average molecular weight is 485 g/mol. The number of amides is 2. The van der Waals surface area contributed by atoms with Crippen molar-refractivity contribution >= 4 is 17.8 Å². The maximum atomic E-state index is 13.2. The van der Waals surface area contributed by atoms with E-state index in [4.69, 9.17) is 5.11 Å². The van der Waals surface area contributed by atoms with E-state index in [1.165, 1.54) is 0 Å². The number of carboxylic acid groups (broad SMARTS) is 1. The van der Waals surface area contributed by atoms with Crippen LogP contribution in [0.1, 0.15) is 65.2 Å². The summed E-state index contributed by atoms with van der Waals surface area (Å²) in [4.78, 5) is 37.5. The van der Waals surface area contributed by atoms with Crippen LogP contribution in [0, 0.1) is 34.5 Å². The molecule has 1 heterocycles. The van der Waals surface area contributed by atoms with E-state index in [1.807, 2.05) is 17.3 Å². The van der Waals surface area contributed by atoms with E-state index >= 15 is 0 Å². The van der Waals surface area contributed by atoms with E-state index in [1.54, 1.807) is 6.08 Å². The maximum absolute atomic E-state index is 13.2. The van der Waals surface area contributed by atoms with Crippen molar-refractivity contribution in [3.8, 4) is 0 Å². The van der Waals surface area contributed by atoms with Crippen LogP contribution in [0.25, 0.3) is 0 Å². The highest BCUT2D eigenvalue weighted by atomic mass is 19.4. The van der Waals surface area contributed by atoms with Gasteiger partial charge >= 0.3 is 12.1 Å². The van der Waals surface area contributed by atoms with Crippen LogP contribution in [0.4, 0.5) is 13.2 Å². The van der Waals surface area contributed by atoms with Gasteiger partial charge in [-0.25, -0.2) is 0 Å². The Morgan fingerprint density at radius 2 is 1.88 bits per heavy atom. The highest BCUT2D eigenvalue weighted by Crippen LogP contribution is 2.65. The van der Waals surface area contributed by atoms with Crippen molar-refractivity contribution in [1.82, 2.24) is 10.2 Å². The van der Waals surface area contributed by atoms with Crippen molar-refractivity contribution in [2.24, 2.45) is 34.5 Å². The normalized spacial score (nSPS) is 40.2. The Morgan fingerprint density at radius 1 is 1.18 bits per heavy atom. The van der Waals surface area contributed by atoms with E-state index in [-0.39, 0.29) is 35.1 Å². The van der Waals surface area contributed by atoms with Gasteiger partial charge in [0.2, 0.25) is 11.8 Å². The largest absolute Gasteiger partial charge is 0.481 e. The molecule has 0 aromatic carbocycles. The second kappa shape index (κ2) is 8.55. The Balaban J connectivity index is 1.47. The van der Waals surface area contributed by atoms with Crippen LogP contribution >= 0.6 is 0 Å². The minimum Gasteiger partial charge on any atom is -0.481 e. The molecule has 1 aliphatic heterocycles. The zero-order valence-corrected chi connectivity index (χ0v) is 20.0. The first kappa shape index (κ1) is 25.0. The Hall–Kier alpha value is -2.06. The first-order valence-corrected chi connectivity index (χ1v) is 12.3. The zero-order chi connectivity index (χ0) is 25.1. The minimum absolute atomic E-state index is 0.00633. The lowest BCUT2D eigenvalue weighted by atomic mass is 9.47. The zero-order valence-electron chi connectivity index (χ0n) is 20.0. The molecule has 34 heavy (non-hydrogen) atoms. The fourth-order valence-electron chi connectivity index (χ4n) is 8.08. The van der Waals surface area contributed by atoms with Gasteiger partial charge in [0.05, 0.1) is 6.42 Å². The number of nitrogens with zero attached hydrogens (tertiary/aromatic N) is 1. The molecule has 4 rings (SSSR count). The van der Waals surface area contributed by atoms with E-state index in [0.29, 0.717) is 17.8 Å². The summed E-state index contributed by atoms with van der Waals surface area (Å²) in [7, 11) is 1.88. The third-order valence-electron chi connectivity index (χ3n) is 9.86. The van der Waals surface area contributed by atoms with Crippen molar-refractivity contribution < 1.29 is 32.7 Å². The highest BCUT2D eigenvalue weighted by molar-refractivity contribution is 5.89. The molecule has 4 aliphatic rings. The molecule has 3 saturated carbocycles. The second-order valence-corrected chi connectivity index (χ2v) is 11.4. The predicted octanol–water partition coefficient (Wildman–Crippen LogP) is 4.15. The van der Waals surface area contributed by atoms with Gasteiger partial charge in [0, 0.05) is 24.9 Å². The molecule has 190 valence electrons. The van der Waals surface area contributed by atoms with Crippen LogP contribution in [-0.4, -0.2) is 53.1 Å². The van der Waals surface area contributed by atoms with Gasteiger partial charge in [-0.2, -0.15) is 13.2 Å². The molecule has 2 N–H and O–H groups in total. The Morgan fingerprint density at radius 3 is 2.53 bits per heavy atom. The summed E-state index contributed by atoms with van der Waals surface area (Å²) >= 11 is 0. The Labute approximate surface area is 198 Å². The number of halogens is 3. The summed E-state index contributed by atoms with van der Waals surface area (Å²) in [5.41, 5.74) is -0.207. The molecule has 3 aliphatic carbocycles. The fraction of sp³-hybridized carbons (Fsp3) is 0.800. The van der Waals surface area contributed by atoms with Gasteiger partial charge in [0.1, 0.15) is 6.04 Å². The quantitative estimate of drug-likeness (QED) is 0.614. The average Bonchev–Trinajstić information content (AvgIpc) is 3.06. The number of alkyl halides is 3. The first-order chi connectivity index (χ1) is 15.8. The van der Waals surface area contributed by atoms with E-state index in [0.717, 1.165) is 38.5 Å². The molecule has 0 aromatic heterocycles. The highest BCUT2D eigenvalue weighted by Gasteiger charge is 2.60. The molecule has 0 radical (unpaired) electrons. The molecule has 0 aromatic rings. The van der Waals surface area contributed by atoms with E-state index in [9.17, 15) is 27.6 Å². The van der Waals surface area contributed by atoms with Gasteiger partial charge in [-0.3, -0.25) is 14.4 Å². The third-order valence-corrected chi connectivity index (χ3v) is 9.86. The topological polar surface area (TPSA) is 86.7 Å². The Bertz CT molecular complexity index is 890. The van der Waals surface area contributed by atoms with Crippen molar-refractivity contribution in [1.29, 1.82) is 0 Å². The first-order valence-electron chi connectivity index (χ1n) is 12.3. The summed E-state index contributed by atoms with van der Waals surface area (Å²) in [6.45, 7) is 4.45. The SMILES string of the molecule is CN1C(=O)C=C[C@]2(C)[C@H]3CC[C@]4(C)[C@@H](CC(=O)NC(CC(=O)O)C(F)(F)F)CC[C@H]4[C@@H]3CC[C@@H]12. The van der Waals surface area contributed by atoms with Crippen molar-refractivity contribution in [2.75, 3.05) is 7.05 Å². The van der Waals surface area contributed by atoms with Gasteiger partial charge in [0.15, 0.2) is 0 Å². The summed E-state index contributed by atoms with van der Waals surface area (Å²) < 4.78 is 39.6. The van der Waals surface area contributed by atoms with Crippen LogP contribution < -0.4 is 5.32 Å². The number of aliphatic carboxylic acids is 1. The molecule has 0 spiro atoms. The molecular weight excluding hydrogens is 449 g/mol. The van der Waals surface area contributed by atoms with Gasteiger partial charge in [-0.1, -0.05) is 19.9 Å². The number of carbonyl (C=O) groups is 3. The Kier molecular flexibility index (Phi) is 6.30. The molecule has 6 nitrogen and oxygen atoms in total. The molecule has 8 atom stereocenters. The van der Waals surface area contributed by atoms with Crippen LogP contribution in [-0.2, 0) is 14.4 Å². The molecule has 3 fully saturated rings. The number of hydrogen-bond acceptors (Lipinski definition) is 3. The molecule has 1 unspecified atom stereocenters. The number of rotatable bonds is 5. The maximum Gasteiger partial charge on any atom is 0.409 e. The predicted molar refractivity (Wildman–Crippen MR) is 118 cm³/mol. The smallest absolute Gasteiger partial charge is 0.409 e. The summed E-state index contributed by atoms with van der Waals surface area (Å²) in [6.07, 6.45) is 3.40. The standard InChI is InChI=1S/C25H35F3N2O4/c1-23-10-8-17-15(5-7-19-24(17,2)11-9-21(32)30(19)3)16(23)6-4-14(23)12-20(31)29-18(13-22(33)34)25(26,27)28/h9,11,14-19H,4-8,10,12-13H2,1-3H3,(H,29,31)(H,33,34)/t14-,15+,16+,17+,18?,19-,23-,24-/m1/s1. The van der Waals surface area contributed by atoms with Crippen LogP contribution in [0.5, 0.6) is 0 Å². The summed E-state index contributed by atoms with van der Waals surface area (Å²) in [5, 5.41) is 10.8. The molecule has 0 saturated heterocycles. The number of carbonyl (C=O) groups excluding carboxylic acids is 2. The van der Waals surface area contributed by atoms with Gasteiger partial charge in [-0.15, -0.1) is 0 Å². The fourth-order valence-corrected chi connectivity index (χ4v) is 8.08.